The first-order valence-electron chi connectivity index (χ1n) is 10.1. The van der Waals surface area contributed by atoms with E-state index in [1.54, 1.807) is 0 Å². The van der Waals surface area contributed by atoms with Crippen LogP contribution in [0.25, 0.3) is 0 Å². The van der Waals surface area contributed by atoms with Crippen LogP contribution in [0.2, 0.25) is 0 Å². The lowest BCUT2D eigenvalue weighted by molar-refractivity contribution is -0.0729. The molecule has 148 valence electrons. The van der Waals surface area contributed by atoms with Gasteiger partial charge >= 0.3 is 0 Å². The first-order valence-corrected chi connectivity index (χ1v) is 10.1. The van der Waals surface area contributed by atoms with Crippen LogP contribution in [0.15, 0.2) is 12.2 Å². The summed E-state index contributed by atoms with van der Waals surface area (Å²) in [4.78, 5) is 0. The third-order valence-corrected chi connectivity index (χ3v) is 4.72. The van der Waals surface area contributed by atoms with E-state index < -0.39 is 31.0 Å². The average molecular weight is 359 g/mol. The van der Waals surface area contributed by atoms with E-state index in [2.05, 4.69) is 19.1 Å². The van der Waals surface area contributed by atoms with Gasteiger partial charge < -0.3 is 24.8 Å². The van der Waals surface area contributed by atoms with Gasteiger partial charge in [0.2, 0.25) is 0 Å². The molecule has 0 spiro atoms. The van der Waals surface area contributed by atoms with Gasteiger partial charge in [-0.15, -0.1) is 0 Å². The van der Waals surface area contributed by atoms with E-state index in [-0.39, 0.29) is 6.61 Å². The number of aliphatic hydroxyl groups excluding tert-OH is 3. The van der Waals surface area contributed by atoms with E-state index in [0.29, 0.717) is 6.61 Å². The Bertz CT molecular complexity index is 334. The summed E-state index contributed by atoms with van der Waals surface area (Å²) in [6.45, 7) is 2.65. The standard InChI is InChI=1S/C20H38O5/c1-2-3-4-5-6-7-8-9-10-11-12-13-14-24-18-16-25-20(19(18)23)17(22)15-21/h10-11,17-23H,2-9,12-16H2,1H3/b11-10+/t17-,18+,19-,20-/m1/s1. The van der Waals surface area contributed by atoms with Gasteiger partial charge in [0.25, 0.3) is 0 Å². The lowest BCUT2D eigenvalue weighted by Gasteiger charge is -2.20. The quantitative estimate of drug-likeness (QED) is 0.310. The van der Waals surface area contributed by atoms with Crippen LogP contribution in [0.5, 0.6) is 0 Å². The SMILES string of the molecule is CCCCCCCCC/C=C/CCCO[C@H]1CO[C@H]([C@H](O)CO)[C@@H]1O. The van der Waals surface area contributed by atoms with Gasteiger partial charge in [-0.3, -0.25) is 0 Å². The van der Waals surface area contributed by atoms with Crippen molar-refractivity contribution in [2.45, 2.75) is 95.5 Å². The molecule has 1 aliphatic rings. The third-order valence-electron chi connectivity index (χ3n) is 4.72. The summed E-state index contributed by atoms with van der Waals surface area (Å²) in [5.41, 5.74) is 0. The largest absolute Gasteiger partial charge is 0.394 e. The van der Waals surface area contributed by atoms with Crippen molar-refractivity contribution in [1.29, 1.82) is 0 Å². The van der Waals surface area contributed by atoms with Crippen LogP contribution in [-0.2, 0) is 9.47 Å². The molecule has 0 unspecified atom stereocenters. The van der Waals surface area contributed by atoms with Crippen molar-refractivity contribution in [1.82, 2.24) is 0 Å². The predicted octanol–water partition coefficient (Wildman–Crippen LogP) is 2.96. The van der Waals surface area contributed by atoms with Gasteiger partial charge in [0.05, 0.1) is 13.2 Å². The number of unbranched alkanes of at least 4 members (excludes halogenated alkanes) is 8. The van der Waals surface area contributed by atoms with Crippen LogP contribution >= 0.6 is 0 Å². The highest BCUT2D eigenvalue weighted by molar-refractivity contribution is 4.89. The monoisotopic (exact) mass is 358 g/mol. The average Bonchev–Trinajstić information content (AvgIpc) is 2.99. The predicted molar refractivity (Wildman–Crippen MR) is 99.6 cm³/mol. The van der Waals surface area contributed by atoms with Crippen LogP contribution in [0.1, 0.15) is 71.1 Å². The van der Waals surface area contributed by atoms with Gasteiger partial charge in [0.1, 0.15) is 24.4 Å². The third kappa shape index (κ3) is 9.71. The van der Waals surface area contributed by atoms with E-state index in [1.165, 1.54) is 44.9 Å². The fourth-order valence-corrected chi connectivity index (χ4v) is 3.09. The maximum absolute atomic E-state index is 10.0. The number of hydrogen-bond donors (Lipinski definition) is 3. The Morgan fingerprint density at radius 2 is 1.68 bits per heavy atom. The molecule has 1 heterocycles. The van der Waals surface area contributed by atoms with E-state index in [4.69, 9.17) is 14.6 Å². The summed E-state index contributed by atoms with van der Waals surface area (Å²) in [6, 6.07) is 0. The van der Waals surface area contributed by atoms with Crippen LogP contribution < -0.4 is 0 Å². The highest BCUT2D eigenvalue weighted by Crippen LogP contribution is 2.20. The molecule has 25 heavy (non-hydrogen) atoms. The minimum absolute atomic E-state index is 0.261. The second-order valence-corrected chi connectivity index (χ2v) is 6.97. The molecule has 5 heteroatoms. The Balaban J connectivity index is 1.93. The number of ether oxygens (including phenoxy) is 2. The second-order valence-electron chi connectivity index (χ2n) is 6.97. The molecule has 1 rings (SSSR count). The Morgan fingerprint density at radius 3 is 2.36 bits per heavy atom. The van der Waals surface area contributed by atoms with E-state index >= 15 is 0 Å². The molecule has 0 aromatic rings. The van der Waals surface area contributed by atoms with Gasteiger partial charge in [0, 0.05) is 6.61 Å². The molecule has 1 saturated heterocycles. The molecule has 4 atom stereocenters. The molecule has 5 nitrogen and oxygen atoms in total. The van der Waals surface area contributed by atoms with Gasteiger partial charge in [-0.05, 0) is 25.7 Å². The summed E-state index contributed by atoms with van der Waals surface area (Å²) in [7, 11) is 0. The smallest absolute Gasteiger partial charge is 0.114 e. The molecule has 0 bridgehead atoms. The maximum Gasteiger partial charge on any atom is 0.114 e. The van der Waals surface area contributed by atoms with Crippen molar-refractivity contribution in [2.75, 3.05) is 19.8 Å². The van der Waals surface area contributed by atoms with E-state index in [1.807, 2.05) is 0 Å². The van der Waals surface area contributed by atoms with E-state index in [9.17, 15) is 10.2 Å². The van der Waals surface area contributed by atoms with Crippen LogP contribution in [0.4, 0.5) is 0 Å². The molecular formula is C20H38O5. The lowest BCUT2D eigenvalue weighted by Crippen LogP contribution is -2.41. The lowest BCUT2D eigenvalue weighted by atomic mass is 10.1. The fourth-order valence-electron chi connectivity index (χ4n) is 3.09. The normalized spacial score (nSPS) is 25.0. The number of aliphatic hydroxyl groups is 3. The molecule has 0 amide bonds. The van der Waals surface area contributed by atoms with Crippen LogP contribution in [-0.4, -0.2) is 59.6 Å². The Kier molecular flexibility index (Phi) is 13.3. The highest BCUT2D eigenvalue weighted by Gasteiger charge is 2.40. The zero-order valence-electron chi connectivity index (χ0n) is 15.8. The van der Waals surface area contributed by atoms with Crippen LogP contribution in [0, 0.1) is 0 Å². The highest BCUT2D eigenvalue weighted by atomic mass is 16.6. The molecule has 1 fully saturated rings. The molecular weight excluding hydrogens is 320 g/mol. The van der Waals surface area contributed by atoms with Crippen molar-refractivity contribution >= 4 is 0 Å². The molecule has 1 aliphatic heterocycles. The van der Waals surface area contributed by atoms with Gasteiger partial charge in [0.15, 0.2) is 0 Å². The fraction of sp³-hybridized carbons (Fsp3) is 0.900. The minimum atomic E-state index is -1.06. The maximum atomic E-state index is 10.0. The first-order chi connectivity index (χ1) is 12.2. The van der Waals surface area contributed by atoms with Gasteiger partial charge in [-0.1, -0.05) is 57.6 Å². The van der Waals surface area contributed by atoms with Gasteiger partial charge in [-0.25, -0.2) is 0 Å². The topological polar surface area (TPSA) is 79.2 Å². The Morgan fingerprint density at radius 1 is 1.04 bits per heavy atom. The number of allylic oxidation sites excluding steroid dienone is 2. The Labute approximate surface area is 153 Å². The molecule has 0 aromatic carbocycles. The van der Waals surface area contributed by atoms with Crippen LogP contribution in [0.3, 0.4) is 0 Å². The van der Waals surface area contributed by atoms with Gasteiger partial charge in [-0.2, -0.15) is 0 Å². The zero-order valence-corrected chi connectivity index (χ0v) is 15.8. The van der Waals surface area contributed by atoms with Crippen molar-refractivity contribution in [3.63, 3.8) is 0 Å². The van der Waals surface area contributed by atoms with Crippen molar-refractivity contribution in [2.24, 2.45) is 0 Å². The molecule has 0 aliphatic carbocycles. The summed E-state index contributed by atoms with van der Waals surface area (Å²) in [5, 5.41) is 28.4. The summed E-state index contributed by atoms with van der Waals surface area (Å²) >= 11 is 0. The van der Waals surface area contributed by atoms with Crippen molar-refractivity contribution < 1.29 is 24.8 Å². The molecule has 0 saturated carbocycles. The first kappa shape index (κ1) is 22.6. The number of rotatable bonds is 15. The van der Waals surface area contributed by atoms with Crippen molar-refractivity contribution in [3.05, 3.63) is 12.2 Å². The summed E-state index contributed by atoms with van der Waals surface area (Å²) in [5.74, 6) is 0. The summed E-state index contributed by atoms with van der Waals surface area (Å²) in [6.07, 6.45) is 13.8. The zero-order chi connectivity index (χ0) is 18.3. The van der Waals surface area contributed by atoms with Crippen molar-refractivity contribution in [3.8, 4) is 0 Å². The van der Waals surface area contributed by atoms with E-state index in [0.717, 1.165) is 19.3 Å². The second kappa shape index (κ2) is 14.7. The summed E-state index contributed by atoms with van der Waals surface area (Å²) < 4.78 is 10.9. The molecule has 0 radical (unpaired) electrons. The number of hydrogen-bond acceptors (Lipinski definition) is 5. The minimum Gasteiger partial charge on any atom is -0.394 e. The Hall–Kier alpha value is -0.460. The molecule has 3 N–H and O–H groups in total. The molecule has 0 aromatic heterocycles.